The van der Waals surface area contributed by atoms with Gasteiger partial charge in [0, 0.05) is 21.8 Å². The van der Waals surface area contributed by atoms with Gasteiger partial charge in [0.2, 0.25) is 0 Å². The summed E-state index contributed by atoms with van der Waals surface area (Å²) in [6.07, 6.45) is 0. The van der Waals surface area contributed by atoms with E-state index in [1.807, 2.05) is 13.8 Å². The van der Waals surface area contributed by atoms with Crippen molar-refractivity contribution in [2.75, 3.05) is 25.7 Å². The van der Waals surface area contributed by atoms with Gasteiger partial charge in [-0.15, -0.1) is 0 Å². The lowest BCUT2D eigenvalue weighted by Crippen LogP contribution is -2.29. The molecule has 0 radical (unpaired) electrons. The first-order valence-electron chi connectivity index (χ1n) is 11.3. The van der Waals surface area contributed by atoms with Crippen LogP contribution >= 0.6 is 15.9 Å². The van der Waals surface area contributed by atoms with Gasteiger partial charge >= 0.3 is 0 Å². The van der Waals surface area contributed by atoms with Gasteiger partial charge in [-0.3, -0.25) is 14.5 Å². The molecule has 1 heterocycles. The number of aryl methyl sites for hydroxylation is 1. The van der Waals surface area contributed by atoms with Gasteiger partial charge in [0.25, 0.3) is 11.7 Å². The summed E-state index contributed by atoms with van der Waals surface area (Å²) >= 11 is 3.46. The van der Waals surface area contributed by atoms with Gasteiger partial charge in [-0.05, 0) is 61.4 Å². The molecule has 0 aromatic heterocycles. The lowest BCUT2D eigenvalue weighted by atomic mass is 9.94. The van der Waals surface area contributed by atoms with E-state index in [0.29, 0.717) is 40.7 Å². The summed E-state index contributed by atoms with van der Waals surface area (Å²) in [6, 6.07) is 16.4. The third-order valence-electron chi connectivity index (χ3n) is 6.01. The minimum Gasteiger partial charge on any atom is -0.507 e. The third kappa shape index (κ3) is 4.56. The number of nitrogens with zero attached hydrogens (tertiary/aromatic N) is 1. The van der Waals surface area contributed by atoms with Gasteiger partial charge in [-0.2, -0.15) is 0 Å². The molecule has 8 heteroatoms. The molecule has 0 aliphatic carbocycles. The van der Waals surface area contributed by atoms with E-state index < -0.39 is 17.7 Å². The number of aliphatic hydroxyl groups excluding tert-OH is 1. The van der Waals surface area contributed by atoms with E-state index in [9.17, 15) is 14.7 Å². The van der Waals surface area contributed by atoms with E-state index in [1.165, 1.54) is 19.1 Å². The predicted molar refractivity (Wildman–Crippen MR) is 141 cm³/mol. The summed E-state index contributed by atoms with van der Waals surface area (Å²) in [5, 5.41) is 11.4. The zero-order valence-electron chi connectivity index (χ0n) is 20.4. The van der Waals surface area contributed by atoms with E-state index in [2.05, 4.69) is 15.9 Å². The molecule has 1 saturated heterocycles. The van der Waals surface area contributed by atoms with E-state index in [4.69, 9.17) is 14.2 Å². The maximum atomic E-state index is 13.4. The number of methoxy groups -OCH3 is 2. The Morgan fingerprint density at radius 1 is 1.00 bits per heavy atom. The molecule has 1 aliphatic heterocycles. The summed E-state index contributed by atoms with van der Waals surface area (Å²) in [5.41, 5.74) is 2.33. The number of hydrogen-bond acceptors (Lipinski definition) is 6. The first-order chi connectivity index (χ1) is 17.3. The highest BCUT2D eigenvalue weighted by Gasteiger charge is 2.47. The van der Waals surface area contributed by atoms with Crippen LogP contribution in [0.5, 0.6) is 17.2 Å². The van der Waals surface area contributed by atoms with Crippen LogP contribution in [0.25, 0.3) is 5.76 Å². The smallest absolute Gasteiger partial charge is 0.300 e. The molecule has 0 saturated carbocycles. The van der Waals surface area contributed by atoms with Crippen molar-refractivity contribution in [2.45, 2.75) is 19.9 Å². The normalized spacial score (nSPS) is 16.8. The fourth-order valence-corrected chi connectivity index (χ4v) is 4.50. The van der Waals surface area contributed by atoms with Gasteiger partial charge in [0.15, 0.2) is 11.5 Å². The van der Waals surface area contributed by atoms with Crippen molar-refractivity contribution in [3.63, 3.8) is 0 Å². The second-order valence-corrected chi connectivity index (χ2v) is 9.03. The Bertz CT molecular complexity index is 1370. The van der Waals surface area contributed by atoms with E-state index in [-0.39, 0.29) is 11.3 Å². The number of ketones is 1. The second-order valence-electron chi connectivity index (χ2n) is 8.18. The Labute approximate surface area is 218 Å². The molecule has 4 rings (SSSR count). The summed E-state index contributed by atoms with van der Waals surface area (Å²) < 4.78 is 17.4. The molecule has 1 fully saturated rings. The van der Waals surface area contributed by atoms with Crippen molar-refractivity contribution in [3.05, 3.63) is 87.4 Å². The average molecular weight is 552 g/mol. The summed E-state index contributed by atoms with van der Waals surface area (Å²) in [7, 11) is 3.06. The standard InChI is InChI=1S/C28H26BrNO6/c1-5-36-23-14-17(10-12-22(23)35-4)25-24(26(31)18-9-11-21(29)16(2)13-18)27(32)28(33)30(25)19-7-6-8-20(15-19)34-3/h6-15,25,31H,5H2,1-4H3/b26-24-. The number of amides is 1. The van der Waals surface area contributed by atoms with Crippen molar-refractivity contribution in [2.24, 2.45) is 0 Å². The summed E-state index contributed by atoms with van der Waals surface area (Å²) in [4.78, 5) is 28.2. The lowest BCUT2D eigenvalue weighted by Gasteiger charge is -2.26. The number of anilines is 1. The van der Waals surface area contributed by atoms with Gasteiger partial charge in [0.1, 0.15) is 11.5 Å². The van der Waals surface area contributed by atoms with Gasteiger partial charge in [-0.25, -0.2) is 0 Å². The minimum absolute atomic E-state index is 0.0165. The van der Waals surface area contributed by atoms with Crippen LogP contribution in [0.15, 0.2) is 70.7 Å². The maximum Gasteiger partial charge on any atom is 0.300 e. The molecule has 186 valence electrons. The highest BCUT2D eigenvalue weighted by atomic mass is 79.9. The number of rotatable bonds is 7. The highest BCUT2D eigenvalue weighted by Crippen LogP contribution is 2.44. The van der Waals surface area contributed by atoms with Gasteiger partial charge in [-0.1, -0.05) is 34.1 Å². The minimum atomic E-state index is -0.911. The quantitative estimate of drug-likeness (QED) is 0.227. The van der Waals surface area contributed by atoms with Crippen molar-refractivity contribution < 1.29 is 28.9 Å². The van der Waals surface area contributed by atoms with Crippen LogP contribution in [0.1, 0.15) is 29.7 Å². The SMILES string of the molecule is CCOc1cc(C2/C(=C(/O)c3ccc(Br)c(C)c3)C(=O)C(=O)N2c2cccc(OC)c2)ccc1OC. The lowest BCUT2D eigenvalue weighted by molar-refractivity contribution is -0.132. The van der Waals surface area contributed by atoms with Crippen LogP contribution in [0.3, 0.4) is 0 Å². The molecule has 7 nitrogen and oxygen atoms in total. The fourth-order valence-electron chi connectivity index (χ4n) is 4.25. The second kappa shape index (κ2) is 10.5. The van der Waals surface area contributed by atoms with Gasteiger partial charge in [0.05, 0.1) is 32.4 Å². The first-order valence-corrected chi connectivity index (χ1v) is 12.1. The Hall–Kier alpha value is -3.78. The van der Waals surface area contributed by atoms with Crippen LogP contribution in [0, 0.1) is 6.92 Å². The molecule has 3 aromatic rings. The number of halogens is 1. The monoisotopic (exact) mass is 551 g/mol. The Morgan fingerprint density at radius 2 is 1.78 bits per heavy atom. The first kappa shape index (κ1) is 25.3. The molecule has 36 heavy (non-hydrogen) atoms. The molecule has 0 spiro atoms. The van der Waals surface area contributed by atoms with Crippen LogP contribution in [-0.4, -0.2) is 37.6 Å². The average Bonchev–Trinajstić information content (AvgIpc) is 3.15. The number of Topliss-reactive ketones (excluding diaryl/α,β-unsaturated/α-hetero) is 1. The number of carbonyl (C=O) groups excluding carboxylic acids is 2. The van der Waals surface area contributed by atoms with E-state index in [0.717, 1.165) is 10.0 Å². The zero-order chi connectivity index (χ0) is 26.0. The largest absolute Gasteiger partial charge is 0.507 e. The van der Waals surface area contributed by atoms with Crippen molar-refractivity contribution in [3.8, 4) is 17.2 Å². The van der Waals surface area contributed by atoms with Crippen LogP contribution < -0.4 is 19.1 Å². The molecule has 1 aliphatic rings. The molecule has 1 amide bonds. The molecule has 1 N–H and O–H groups in total. The number of aliphatic hydroxyl groups is 1. The topological polar surface area (TPSA) is 85.3 Å². The fraction of sp³-hybridized carbons (Fsp3) is 0.214. The number of ether oxygens (including phenoxy) is 3. The van der Waals surface area contributed by atoms with Crippen LogP contribution in [0.2, 0.25) is 0 Å². The molecular formula is C28H26BrNO6. The Kier molecular flexibility index (Phi) is 7.35. The molecule has 0 bridgehead atoms. The zero-order valence-corrected chi connectivity index (χ0v) is 22.0. The van der Waals surface area contributed by atoms with Crippen molar-refractivity contribution in [1.29, 1.82) is 0 Å². The number of benzene rings is 3. The maximum absolute atomic E-state index is 13.4. The van der Waals surface area contributed by atoms with Crippen LogP contribution in [0.4, 0.5) is 5.69 Å². The van der Waals surface area contributed by atoms with E-state index in [1.54, 1.807) is 60.7 Å². The van der Waals surface area contributed by atoms with Gasteiger partial charge < -0.3 is 19.3 Å². The van der Waals surface area contributed by atoms with E-state index >= 15 is 0 Å². The summed E-state index contributed by atoms with van der Waals surface area (Å²) in [6.45, 7) is 4.13. The van der Waals surface area contributed by atoms with Crippen molar-refractivity contribution >= 4 is 39.1 Å². The third-order valence-corrected chi connectivity index (χ3v) is 6.90. The molecular weight excluding hydrogens is 526 g/mol. The summed E-state index contributed by atoms with van der Waals surface area (Å²) in [5.74, 6) is -0.280. The number of hydrogen-bond donors (Lipinski definition) is 1. The molecule has 1 atom stereocenters. The number of carbonyl (C=O) groups is 2. The van der Waals surface area contributed by atoms with Crippen molar-refractivity contribution in [1.82, 2.24) is 0 Å². The predicted octanol–water partition coefficient (Wildman–Crippen LogP) is 5.80. The Balaban J connectivity index is 1.98. The Morgan fingerprint density at radius 3 is 2.44 bits per heavy atom. The molecule has 3 aromatic carbocycles. The molecule has 1 unspecified atom stereocenters. The van der Waals surface area contributed by atoms with Crippen LogP contribution in [-0.2, 0) is 9.59 Å². The highest BCUT2D eigenvalue weighted by molar-refractivity contribution is 9.10.